The summed E-state index contributed by atoms with van der Waals surface area (Å²) in [5, 5.41) is 4.34. The highest BCUT2D eigenvalue weighted by Gasteiger charge is 2.24. The van der Waals surface area contributed by atoms with E-state index in [2.05, 4.69) is 48.4 Å². The van der Waals surface area contributed by atoms with Crippen molar-refractivity contribution < 1.29 is 4.79 Å². The fourth-order valence-corrected chi connectivity index (χ4v) is 3.93. The molecule has 1 saturated heterocycles. The molecule has 1 aliphatic rings. The number of amides is 1. The van der Waals surface area contributed by atoms with E-state index in [4.69, 9.17) is 0 Å². The van der Waals surface area contributed by atoms with Gasteiger partial charge in [-0.25, -0.2) is 4.98 Å². The summed E-state index contributed by atoms with van der Waals surface area (Å²) in [6, 6.07) is 8.62. The van der Waals surface area contributed by atoms with Crippen molar-refractivity contribution in [2.45, 2.75) is 33.2 Å². The molecular formula is C18H23N3OS. The molecule has 4 nitrogen and oxygen atoms in total. The fraction of sp³-hybridized carbons (Fsp3) is 0.444. The Balaban J connectivity index is 1.83. The second-order valence-electron chi connectivity index (χ2n) is 6.19. The van der Waals surface area contributed by atoms with E-state index in [1.54, 1.807) is 11.3 Å². The fourth-order valence-electron chi connectivity index (χ4n) is 2.98. The summed E-state index contributed by atoms with van der Waals surface area (Å²) >= 11 is 1.63. The number of hydrogen-bond donors (Lipinski definition) is 1. The maximum Gasteiger partial charge on any atom is 0.228 e. The molecule has 1 amide bonds. The van der Waals surface area contributed by atoms with E-state index in [1.165, 1.54) is 5.56 Å². The van der Waals surface area contributed by atoms with E-state index >= 15 is 0 Å². The Morgan fingerprint density at radius 2 is 2.09 bits per heavy atom. The third-order valence-corrected chi connectivity index (χ3v) is 5.23. The minimum Gasteiger partial charge on any atom is -0.337 e. The van der Waals surface area contributed by atoms with E-state index in [0.717, 1.165) is 40.8 Å². The number of piperazine rings is 1. The number of benzene rings is 1. The van der Waals surface area contributed by atoms with Crippen LogP contribution < -0.4 is 5.32 Å². The quantitative estimate of drug-likeness (QED) is 0.942. The van der Waals surface area contributed by atoms with Gasteiger partial charge in [0, 0.05) is 36.1 Å². The van der Waals surface area contributed by atoms with Crippen LogP contribution in [0.2, 0.25) is 0 Å². The summed E-state index contributed by atoms with van der Waals surface area (Å²) in [6.45, 7) is 8.72. The topological polar surface area (TPSA) is 45.2 Å². The third kappa shape index (κ3) is 3.62. The molecular weight excluding hydrogens is 306 g/mol. The van der Waals surface area contributed by atoms with E-state index in [1.807, 2.05) is 11.8 Å². The number of nitrogens with zero attached hydrogens (tertiary/aromatic N) is 2. The van der Waals surface area contributed by atoms with Crippen molar-refractivity contribution in [1.29, 1.82) is 0 Å². The summed E-state index contributed by atoms with van der Waals surface area (Å²) in [7, 11) is 0. The Bertz CT molecular complexity index is 693. The molecule has 0 bridgehead atoms. The molecule has 3 rings (SSSR count). The average Bonchev–Trinajstić information content (AvgIpc) is 2.89. The zero-order valence-corrected chi connectivity index (χ0v) is 14.7. The maximum atomic E-state index is 12.7. The minimum atomic E-state index is 0.205. The monoisotopic (exact) mass is 329 g/mol. The van der Waals surface area contributed by atoms with Crippen molar-refractivity contribution in [2.24, 2.45) is 0 Å². The molecule has 5 heteroatoms. The molecule has 122 valence electrons. The van der Waals surface area contributed by atoms with Crippen molar-refractivity contribution in [2.75, 3.05) is 19.6 Å². The first-order valence-electron chi connectivity index (χ1n) is 8.08. The van der Waals surface area contributed by atoms with Gasteiger partial charge in [0.05, 0.1) is 17.1 Å². The van der Waals surface area contributed by atoms with Crippen LogP contribution in [-0.4, -0.2) is 41.5 Å². The second-order valence-corrected chi connectivity index (χ2v) is 7.48. The highest BCUT2D eigenvalue weighted by atomic mass is 32.1. The number of aryl methyl sites for hydroxylation is 2. The third-order valence-electron chi connectivity index (χ3n) is 4.26. The molecule has 1 aromatic heterocycles. The number of nitrogens with one attached hydrogen (secondary N) is 1. The van der Waals surface area contributed by atoms with Gasteiger partial charge < -0.3 is 10.2 Å². The van der Waals surface area contributed by atoms with Gasteiger partial charge in [0.2, 0.25) is 5.91 Å². The highest BCUT2D eigenvalue weighted by Crippen LogP contribution is 2.29. The molecule has 1 fully saturated rings. The molecule has 1 N–H and O–H groups in total. The van der Waals surface area contributed by atoms with Crippen molar-refractivity contribution >= 4 is 17.2 Å². The lowest BCUT2D eigenvalue weighted by Crippen LogP contribution is -2.52. The Morgan fingerprint density at radius 3 is 2.78 bits per heavy atom. The minimum absolute atomic E-state index is 0.205. The first-order chi connectivity index (χ1) is 11.0. The molecule has 0 unspecified atom stereocenters. The van der Waals surface area contributed by atoms with Crippen LogP contribution in [0, 0.1) is 13.8 Å². The normalized spacial score (nSPS) is 18.2. The first-order valence-corrected chi connectivity index (χ1v) is 8.90. The lowest BCUT2D eigenvalue weighted by atomic mass is 10.1. The van der Waals surface area contributed by atoms with Gasteiger partial charge in [-0.3, -0.25) is 4.79 Å². The van der Waals surface area contributed by atoms with Crippen molar-refractivity contribution in [3.05, 3.63) is 39.7 Å². The van der Waals surface area contributed by atoms with Crippen molar-refractivity contribution in [1.82, 2.24) is 15.2 Å². The van der Waals surface area contributed by atoms with Gasteiger partial charge in [-0.15, -0.1) is 11.3 Å². The molecule has 0 radical (unpaired) electrons. The van der Waals surface area contributed by atoms with Crippen LogP contribution in [0.4, 0.5) is 0 Å². The van der Waals surface area contributed by atoms with Crippen LogP contribution >= 0.6 is 11.3 Å². The standard InChI is InChI=1S/C18H23N3OS/c1-12-4-6-15(7-5-12)18-16(23-14(3)20-18)10-17(22)21-9-8-19-11-13(21)2/h4-7,13,19H,8-11H2,1-3H3/t13-/m0/s1. The molecule has 2 heterocycles. The summed E-state index contributed by atoms with van der Waals surface area (Å²) in [4.78, 5) is 20.4. The van der Waals surface area contributed by atoms with E-state index in [-0.39, 0.29) is 11.9 Å². The highest BCUT2D eigenvalue weighted by molar-refractivity contribution is 7.12. The van der Waals surface area contributed by atoms with Crippen LogP contribution in [0.1, 0.15) is 22.4 Å². The summed E-state index contributed by atoms with van der Waals surface area (Å²) in [5.74, 6) is 0.205. The van der Waals surface area contributed by atoms with Gasteiger partial charge in [-0.2, -0.15) is 0 Å². The van der Waals surface area contributed by atoms with Crippen molar-refractivity contribution in [3.63, 3.8) is 0 Å². The van der Waals surface area contributed by atoms with Crippen LogP contribution in [0.5, 0.6) is 0 Å². The summed E-state index contributed by atoms with van der Waals surface area (Å²) < 4.78 is 0. The molecule has 2 aromatic rings. The van der Waals surface area contributed by atoms with Gasteiger partial charge in [0.25, 0.3) is 0 Å². The average molecular weight is 329 g/mol. The van der Waals surface area contributed by atoms with E-state index in [0.29, 0.717) is 6.42 Å². The lowest BCUT2D eigenvalue weighted by molar-refractivity contribution is -0.133. The largest absolute Gasteiger partial charge is 0.337 e. The van der Waals surface area contributed by atoms with Crippen LogP contribution in [-0.2, 0) is 11.2 Å². The predicted octanol–water partition coefficient (Wildman–Crippen LogP) is 2.79. The first kappa shape index (κ1) is 16.1. The number of carbonyl (C=O) groups excluding carboxylic acids is 1. The molecule has 1 aliphatic heterocycles. The Kier molecular flexibility index (Phi) is 4.78. The molecule has 1 aromatic carbocycles. The van der Waals surface area contributed by atoms with Gasteiger partial charge in [0.15, 0.2) is 0 Å². The molecule has 0 aliphatic carbocycles. The van der Waals surface area contributed by atoms with Gasteiger partial charge in [0.1, 0.15) is 0 Å². The molecule has 0 saturated carbocycles. The van der Waals surface area contributed by atoms with Crippen LogP contribution in [0.25, 0.3) is 11.3 Å². The number of aromatic nitrogens is 1. The van der Waals surface area contributed by atoms with Gasteiger partial charge in [-0.05, 0) is 20.8 Å². The van der Waals surface area contributed by atoms with E-state index < -0.39 is 0 Å². The number of thiazole rings is 1. The summed E-state index contributed by atoms with van der Waals surface area (Å²) in [6.07, 6.45) is 0.444. The second kappa shape index (κ2) is 6.81. The van der Waals surface area contributed by atoms with Crippen molar-refractivity contribution in [3.8, 4) is 11.3 Å². The number of carbonyl (C=O) groups is 1. The molecule has 0 spiro atoms. The Labute approximate surface area is 141 Å². The zero-order valence-electron chi connectivity index (χ0n) is 13.9. The Morgan fingerprint density at radius 1 is 1.35 bits per heavy atom. The van der Waals surface area contributed by atoms with Crippen LogP contribution in [0.15, 0.2) is 24.3 Å². The number of rotatable bonds is 3. The van der Waals surface area contributed by atoms with Crippen LogP contribution in [0.3, 0.4) is 0 Å². The van der Waals surface area contributed by atoms with Gasteiger partial charge in [-0.1, -0.05) is 29.8 Å². The SMILES string of the molecule is Cc1ccc(-c2nc(C)sc2CC(=O)N2CCNC[C@@H]2C)cc1. The zero-order chi connectivity index (χ0) is 16.4. The molecule has 23 heavy (non-hydrogen) atoms. The Hall–Kier alpha value is -1.72. The summed E-state index contributed by atoms with van der Waals surface area (Å²) in [5.41, 5.74) is 3.28. The van der Waals surface area contributed by atoms with E-state index in [9.17, 15) is 4.79 Å². The predicted molar refractivity (Wildman–Crippen MR) is 94.8 cm³/mol. The smallest absolute Gasteiger partial charge is 0.228 e. The van der Waals surface area contributed by atoms with Gasteiger partial charge >= 0.3 is 0 Å². The molecule has 1 atom stereocenters. The maximum absolute atomic E-state index is 12.7. The number of hydrogen-bond acceptors (Lipinski definition) is 4. The lowest BCUT2D eigenvalue weighted by Gasteiger charge is -2.34.